The van der Waals surface area contributed by atoms with Crippen molar-refractivity contribution in [1.82, 2.24) is 15.1 Å². The number of H-pyrrole nitrogens is 1. The van der Waals surface area contributed by atoms with E-state index in [1.165, 1.54) is 12.5 Å². The van der Waals surface area contributed by atoms with Crippen molar-refractivity contribution in [2.75, 3.05) is 0 Å². The summed E-state index contributed by atoms with van der Waals surface area (Å²) >= 11 is 0. The quantitative estimate of drug-likeness (QED) is 0.830. The highest BCUT2D eigenvalue weighted by atomic mass is 16.5. The molecule has 5 heteroatoms. The van der Waals surface area contributed by atoms with E-state index in [1.54, 1.807) is 12.1 Å². The van der Waals surface area contributed by atoms with Crippen LogP contribution < -0.4 is 5.56 Å². The van der Waals surface area contributed by atoms with Crippen LogP contribution in [0, 0.1) is 0 Å². The van der Waals surface area contributed by atoms with Crippen molar-refractivity contribution in [3.05, 3.63) is 34.4 Å². The average molecular weight is 217 g/mol. The molecule has 0 aromatic carbocycles. The van der Waals surface area contributed by atoms with Gasteiger partial charge in [0.15, 0.2) is 0 Å². The molecule has 0 bridgehead atoms. The summed E-state index contributed by atoms with van der Waals surface area (Å²) in [5, 5.41) is 3.87. The van der Waals surface area contributed by atoms with E-state index in [0.29, 0.717) is 23.3 Å². The number of pyridine rings is 1. The smallest absolute Gasteiger partial charge is 0.248 e. The molecule has 2 aromatic rings. The van der Waals surface area contributed by atoms with Crippen molar-refractivity contribution >= 4 is 0 Å². The van der Waals surface area contributed by atoms with Crippen LogP contribution in [0.2, 0.25) is 0 Å². The standard InChI is InChI=1S/C11H11N3O2/c15-9-6-2-5-8(12-9)10-13-11(16-14-10)7-3-1-4-7/h2,5-7H,1,3-4H2,(H,12,15). The molecule has 3 rings (SSSR count). The summed E-state index contributed by atoms with van der Waals surface area (Å²) in [5.41, 5.74) is 0.439. The maximum absolute atomic E-state index is 11.1. The average Bonchev–Trinajstić information content (AvgIpc) is 2.64. The van der Waals surface area contributed by atoms with Crippen LogP contribution in [0.4, 0.5) is 0 Å². The van der Waals surface area contributed by atoms with Gasteiger partial charge in [0.05, 0.1) is 5.69 Å². The molecule has 0 aliphatic heterocycles. The second-order valence-electron chi connectivity index (χ2n) is 4.01. The monoisotopic (exact) mass is 217 g/mol. The predicted octanol–water partition coefficient (Wildman–Crippen LogP) is 1.69. The van der Waals surface area contributed by atoms with Gasteiger partial charge >= 0.3 is 0 Å². The molecule has 0 atom stereocenters. The molecule has 2 aromatic heterocycles. The molecule has 16 heavy (non-hydrogen) atoms. The number of nitrogens with zero attached hydrogens (tertiary/aromatic N) is 2. The lowest BCUT2D eigenvalue weighted by molar-refractivity contribution is 0.292. The molecule has 5 nitrogen and oxygen atoms in total. The summed E-state index contributed by atoms with van der Waals surface area (Å²) in [6, 6.07) is 4.89. The van der Waals surface area contributed by atoms with Crippen LogP contribution in [0.1, 0.15) is 31.1 Å². The first-order chi connectivity index (χ1) is 7.83. The van der Waals surface area contributed by atoms with Crippen LogP contribution in [0.3, 0.4) is 0 Å². The van der Waals surface area contributed by atoms with E-state index < -0.39 is 0 Å². The highest BCUT2D eigenvalue weighted by Gasteiger charge is 2.25. The topological polar surface area (TPSA) is 71.8 Å². The van der Waals surface area contributed by atoms with Crippen LogP contribution in [-0.4, -0.2) is 15.1 Å². The Labute approximate surface area is 91.5 Å². The van der Waals surface area contributed by atoms with Crippen molar-refractivity contribution in [2.45, 2.75) is 25.2 Å². The van der Waals surface area contributed by atoms with Crippen molar-refractivity contribution in [3.63, 3.8) is 0 Å². The zero-order chi connectivity index (χ0) is 11.0. The molecule has 82 valence electrons. The van der Waals surface area contributed by atoms with Gasteiger partial charge in [-0.1, -0.05) is 17.6 Å². The number of nitrogens with one attached hydrogen (secondary N) is 1. The molecule has 0 amide bonds. The summed E-state index contributed by atoms with van der Waals surface area (Å²) in [6.07, 6.45) is 3.46. The first-order valence-corrected chi connectivity index (χ1v) is 5.36. The van der Waals surface area contributed by atoms with Gasteiger partial charge in [-0.3, -0.25) is 4.79 Å². The highest BCUT2D eigenvalue weighted by Crippen LogP contribution is 2.35. The molecule has 0 spiro atoms. The van der Waals surface area contributed by atoms with Crippen LogP contribution in [0.25, 0.3) is 11.5 Å². The fourth-order valence-electron chi connectivity index (χ4n) is 1.74. The number of rotatable bonds is 2. The lowest BCUT2D eigenvalue weighted by Gasteiger charge is -2.20. The summed E-state index contributed by atoms with van der Waals surface area (Å²) in [4.78, 5) is 18.1. The van der Waals surface area contributed by atoms with Gasteiger partial charge in [0.2, 0.25) is 17.3 Å². The number of aromatic nitrogens is 3. The minimum absolute atomic E-state index is 0.160. The molecule has 2 heterocycles. The Morgan fingerprint density at radius 1 is 1.38 bits per heavy atom. The Morgan fingerprint density at radius 2 is 2.25 bits per heavy atom. The fourth-order valence-corrected chi connectivity index (χ4v) is 1.74. The van der Waals surface area contributed by atoms with Crippen LogP contribution >= 0.6 is 0 Å². The van der Waals surface area contributed by atoms with E-state index in [9.17, 15) is 4.79 Å². The van der Waals surface area contributed by atoms with Gasteiger partial charge in [0.1, 0.15) is 0 Å². The second kappa shape index (κ2) is 3.59. The number of hydrogen-bond donors (Lipinski definition) is 1. The van der Waals surface area contributed by atoms with E-state index in [-0.39, 0.29) is 5.56 Å². The van der Waals surface area contributed by atoms with Gasteiger partial charge in [0, 0.05) is 12.0 Å². The molecule has 1 saturated carbocycles. The fraction of sp³-hybridized carbons (Fsp3) is 0.364. The van der Waals surface area contributed by atoms with Gasteiger partial charge in [-0.25, -0.2) is 0 Å². The third kappa shape index (κ3) is 1.54. The lowest BCUT2D eigenvalue weighted by Crippen LogP contribution is -2.09. The maximum Gasteiger partial charge on any atom is 0.248 e. The number of aromatic amines is 1. The molecule has 1 aliphatic rings. The minimum atomic E-state index is -0.160. The van der Waals surface area contributed by atoms with Crippen LogP contribution in [0.5, 0.6) is 0 Å². The normalized spacial score (nSPS) is 16.0. The van der Waals surface area contributed by atoms with Crippen LogP contribution in [0.15, 0.2) is 27.5 Å². The predicted molar refractivity (Wildman–Crippen MR) is 56.9 cm³/mol. The molecule has 1 fully saturated rings. The van der Waals surface area contributed by atoms with Gasteiger partial charge in [0.25, 0.3) is 0 Å². The van der Waals surface area contributed by atoms with E-state index in [0.717, 1.165) is 12.8 Å². The van der Waals surface area contributed by atoms with Crippen molar-refractivity contribution in [3.8, 4) is 11.5 Å². The Bertz CT molecular complexity index is 554. The molecule has 0 unspecified atom stereocenters. The van der Waals surface area contributed by atoms with Gasteiger partial charge in [-0.15, -0.1) is 0 Å². The van der Waals surface area contributed by atoms with Crippen LogP contribution in [-0.2, 0) is 0 Å². The lowest BCUT2D eigenvalue weighted by atomic mass is 9.85. The molecule has 0 saturated heterocycles. The van der Waals surface area contributed by atoms with Gasteiger partial charge < -0.3 is 9.51 Å². The second-order valence-corrected chi connectivity index (χ2v) is 4.01. The SMILES string of the molecule is O=c1cccc(-c2noc(C3CCC3)n2)[nH]1. The van der Waals surface area contributed by atoms with E-state index in [2.05, 4.69) is 15.1 Å². The zero-order valence-corrected chi connectivity index (χ0v) is 8.64. The van der Waals surface area contributed by atoms with Gasteiger partial charge in [-0.2, -0.15) is 4.98 Å². The largest absolute Gasteiger partial charge is 0.339 e. The zero-order valence-electron chi connectivity index (χ0n) is 8.64. The maximum atomic E-state index is 11.1. The first kappa shape index (κ1) is 9.33. The van der Waals surface area contributed by atoms with Gasteiger partial charge in [-0.05, 0) is 18.9 Å². The van der Waals surface area contributed by atoms with E-state index >= 15 is 0 Å². The third-order valence-corrected chi connectivity index (χ3v) is 2.91. The Balaban J connectivity index is 1.94. The van der Waals surface area contributed by atoms with Crippen molar-refractivity contribution in [1.29, 1.82) is 0 Å². The Kier molecular flexibility index (Phi) is 2.09. The third-order valence-electron chi connectivity index (χ3n) is 2.91. The van der Waals surface area contributed by atoms with E-state index in [1.807, 2.05) is 0 Å². The van der Waals surface area contributed by atoms with Crippen molar-refractivity contribution in [2.24, 2.45) is 0 Å². The minimum Gasteiger partial charge on any atom is -0.339 e. The van der Waals surface area contributed by atoms with E-state index in [4.69, 9.17) is 4.52 Å². The molecule has 1 aliphatic carbocycles. The molecule has 0 radical (unpaired) electrons. The summed E-state index contributed by atoms with van der Waals surface area (Å²) < 4.78 is 5.18. The number of hydrogen-bond acceptors (Lipinski definition) is 4. The summed E-state index contributed by atoms with van der Waals surface area (Å²) in [5.74, 6) is 1.56. The van der Waals surface area contributed by atoms with Crippen molar-refractivity contribution < 1.29 is 4.52 Å². The Morgan fingerprint density at radius 3 is 2.94 bits per heavy atom. The summed E-state index contributed by atoms with van der Waals surface area (Å²) in [7, 11) is 0. The first-order valence-electron chi connectivity index (χ1n) is 5.36. The highest BCUT2D eigenvalue weighted by molar-refractivity contribution is 5.47. The molecule has 1 N–H and O–H groups in total. The summed E-state index contributed by atoms with van der Waals surface area (Å²) in [6.45, 7) is 0. The molecular formula is C11H11N3O2. The molecular weight excluding hydrogens is 206 g/mol. The Hall–Kier alpha value is -1.91.